The van der Waals surface area contributed by atoms with Crippen LogP contribution in [-0.4, -0.2) is 42.3 Å². The van der Waals surface area contributed by atoms with Gasteiger partial charge in [-0.1, -0.05) is 13.8 Å². The fourth-order valence-electron chi connectivity index (χ4n) is 3.03. The van der Waals surface area contributed by atoms with E-state index in [0.29, 0.717) is 0 Å². The molecule has 2 aliphatic heterocycles. The molecule has 118 valence electrons. The van der Waals surface area contributed by atoms with E-state index < -0.39 is 0 Å². The van der Waals surface area contributed by atoms with Crippen LogP contribution in [0.25, 0.3) is 0 Å². The third-order valence-electron chi connectivity index (χ3n) is 4.18. The van der Waals surface area contributed by atoms with Crippen LogP contribution < -0.4 is 4.90 Å². The summed E-state index contributed by atoms with van der Waals surface area (Å²) in [4.78, 5) is 7.17. The molecule has 0 bridgehead atoms. The van der Waals surface area contributed by atoms with E-state index in [-0.39, 0.29) is 4.75 Å². The van der Waals surface area contributed by atoms with Gasteiger partial charge in [-0.2, -0.15) is 17.0 Å². The lowest BCUT2D eigenvalue weighted by Crippen LogP contribution is -2.38. The van der Waals surface area contributed by atoms with Crippen LogP contribution in [-0.2, 0) is 16.9 Å². The first-order valence-corrected chi connectivity index (χ1v) is 9.73. The van der Waals surface area contributed by atoms with Crippen LogP contribution in [0.2, 0.25) is 0 Å². The van der Waals surface area contributed by atoms with Gasteiger partial charge in [-0.15, -0.1) is 11.8 Å². The third-order valence-corrected chi connectivity index (χ3v) is 6.22. The number of hydrogen-bond acceptors (Lipinski definition) is 6. The Bertz CT molecular complexity index is 619. The predicted octanol–water partition coefficient (Wildman–Crippen LogP) is 3.08. The molecule has 0 aromatic carbocycles. The Morgan fingerprint density at radius 3 is 2.68 bits per heavy atom. The van der Waals surface area contributed by atoms with E-state index in [2.05, 4.69) is 24.8 Å². The van der Waals surface area contributed by atoms with Gasteiger partial charge in [0.1, 0.15) is 16.9 Å². The molecule has 1 aromatic rings. The number of ether oxygens (including phenoxy) is 1. The second kappa shape index (κ2) is 6.31. The van der Waals surface area contributed by atoms with Gasteiger partial charge in [0.05, 0.1) is 18.8 Å². The van der Waals surface area contributed by atoms with E-state index in [1.807, 2.05) is 18.0 Å². The molecule has 0 unspecified atom stereocenters. The topological polar surface area (TPSA) is 49.2 Å². The van der Waals surface area contributed by atoms with Gasteiger partial charge in [0.25, 0.3) is 0 Å². The van der Waals surface area contributed by atoms with Crippen molar-refractivity contribution in [3.05, 3.63) is 16.7 Å². The largest absolute Gasteiger partial charge is 0.378 e. The first kappa shape index (κ1) is 16.0. The molecule has 0 N–H and O–H groups in total. The molecular weight excluding hydrogens is 314 g/mol. The van der Waals surface area contributed by atoms with Crippen molar-refractivity contribution >= 4 is 29.3 Å². The summed E-state index contributed by atoms with van der Waals surface area (Å²) in [6.07, 6.45) is 2.94. The van der Waals surface area contributed by atoms with E-state index in [4.69, 9.17) is 9.72 Å². The van der Waals surface area contributed by atoms with Gasteiger partial charge in [0, 0.05) is 29.2 Å². The fraction of sp³-hybridized carbons (Fsp3) is 0.625. The number of rotatable bonds is 2. The number of hydrogen-bond donors (Lipinski definition) is 0. The Balaban J connectivity index is 2.13. The number of nitriles is 1. The SMILES string of the molecule is CSc1nc(N2CCOCC2)c2c(c1C#N)CC(C)(C)SC2. The van der Waals surface area contributed by atoms with Crippen LogP contribution in [0.1, 0.15) is 30.5 Å². The van der Waals surface area contributed by atoms with Crippen LogP contribution in [0.15, 0.2) is 5.03 Å². The number of thioether (sulfide) groups is 2. The van der Waals surface area contributed by atoms with Gasteiger partial charge in [-0.3, -0.25) is 0 Å². The Kier molecular flexibility index (Phi) is 4.58. The second-order valence-corrected chi connectivity index (χ2v) is 8.69. The molecule has 0 atom stereocenters. The first-order chi connectivity index (χ1) is 10.6. The molecule has 3 rings (SSSR count). The quantitative estimate of drug-likeness (QED) is 0.774. The molecule has 1 fully saturated rings. The number of pyridine rings is 1. The minimum absolute atomic E-state index is 0.178. The standard InChI is InChI=1S/C16H21N3OS2/c1-16(2)8-11-12(9-17)15(21-3)18-14(13(11)10-22-16)19-4-6-20-7-5-19/h4-8,10H2,1-3H3. The van der Waals surface area contributed by atoms with Gasteiger partial charge in [-0.05, 0) is 18.2 Å². The van der Waals surface area contributed by atoms with Crippen molar-refractivity contribution in [3.8, 4) is 6.07 Å². The average molecular weight is 335 g/mol. The highest BCUT2D eigenvalue weighted by molar-refractivity contribution is 8.00. The van der Waals surface area contributed by atoms with E-state index in [1.54, 1.807) is 11.8 Å². The van der Waals surface area contributed by atoms with Crippen molar-refractivity contribution in [3.63, 3.8) is 0 Å². The van der Waals surface area contributed by atoms with Gasteiger partial charge < -0.3 is 9.64 Å². The molecule has 6 heteroatoms. The Labute approximate surface area is 140 Å². The van der Waals surface area contributed by atoms with Crippen molar-refractivity contribution < 1.29 is 4.74 Å². The first-order valence-electron chi connectivity index (χ1n) is 7.52. The van der Waals surface area contributed by atoms with Gasteiger partial charge in [0.15, 0.2) is 0 Å². The van der Waals surface area contributed by atoms with Gasteiger partial charge in [0.2, 0.25) is 0 Å². The van der Waals surface area contributed by atoms with E-state index in [9.17, 15) is 5.26 Å². The molecule has 0 amide bonds. The van der Waals surface area contributed by atoms with Crippen LogP contribution >= 0.6 is 23.5 Å². The molecule has 2 aliphatic rings. The van der Waals surface area contributed by atoms with Crippen molar-refractivity contribution in [2.24, 2.45) is 0 Å². The summed E-state index contributed by atoms with van der Waals surface area (Å²) in [7, 11) is 0. The fourth-order valence-corrected chi connectivity index (χ4v) is 4.66. The van der Waals surface area contributed by atoms with Crippen LogP contribution in [0, 0.1) is 11.3 Å². The predicted molar refractivity (Wildman–Crippen MR) is 92.8 cm³/mol. The molecule has 22 heavy (non-hydrogen) atoms. The summed E-state index contributed by atoms with van der Waals surface area (Å²) in [5, 5.41) is 10.5. The minimum atomic E-state index is 0.178. The maximum Gasteiger partial charge on any atom is 0.134 e. The summed E-state index contributed by atoms with van der Waals surface area (Å²) in [5.41, 5.74) is 3.26. The second-order valence-electron chi connectivity index (χ2n) is 6.21. The van der Waals surface area contributed by atoms with Crippen molar-refractivity contribution in [1.82, 2.24) is 4.98 Å². The van der Waals surface area contributed by atoms with Gasteiger partial charge >= 0.3 is 0 Å². The highest BCUT2D eigenvalue weighted by atomic mass is 32.2. The van der Waals surface area contributed by atoms with Crippen molar-refractivity contribution in [2.45, 2.75) is 35.8 Å². The number of morpholine rings is 1. The highest BCUT2D eigenvalue weighted by Crippen LogP contribution is 2.44. The number of fused-ring (bicyclic) bond motifs is 1. The molecule has 0 spiro atoms. The molecule has 0 saturated carbocycles. The monoisotopic (exact) mass is 335 g/mol. The lowest BCUT2D eigenvalue weighted by molar-refractivity contribution is 0.122. The van der Waals surface area contributed by atoms with E-state index in [1.165, 1.54) is 11.1 Å². The molecule has 0 aliphatic carbocycles. The Morgan fingerprint density at radius 2 is 2.05 bits per heavy atom. The third kappa shape index (κ3) is 2.94. The number of anilines is 1. The zero-order valence-electron chi connectivity index (χ0n) is 13.3. The molecule has 1 saturated heterocycles. The minimum Gasteiger partial charge on any atom is -0.378 e. The summed E-state index contributed by atoms with van der Waals surface area (Å²) in [6.45, 7) is 7.79. The molecule has 1 aromatic heterocycles. The Hall–Kier alpha value is -0.900. The summed E-state index contributed by atoms with van der Waals surface area (Å²) < 4.78 is 5.65. The smallest absolute Gasteiger partial charge is 0.134 e. The van der Waals surface area contributed by atoms with Crippen LogP contribution in [0.3, 0.4) is 0 Å². The highest BCUT2D eigenvalue weighted by Gasteiger charge is 2.33. The summed E-state index contributed by atoms with van der Waals surface area (Å²) in [6, 6.07) is 2.41. The Morgan fingerprint density at radius 1 is 1.32 bits per heavy atom. The number of aromatic nitrogens is 1. The van der Waals surface area contributed by atoms with Crippen molar-refractivity contribution in [2.75, 3.05) is 37.5 Å². The average Bonchev–Trinajstić information content (AvgIpc) is 2.53. The van der Waals surface area contributed by atoms with E-state index >= 15 is 0 Å². The summed E-state index contributed by atoms with van der Waals surface area (Å²) >= 11 is 3.53. The molecule has 3 heterocycles. The molecule has 4 nitrogen and oxygen atoms in total. The zero-order valence-corrected chi connectivity index (χ0v) is 14.9. The van der Waals surface area contributed by atoms with Crippen LogP contribution in [0.5, 0.6) is 0 Å². The maximum absolute atomic E-state index is 9.63. The lowest BCUT2D eigenvalue weighted by Gasteiger charge is -2.36. The van der Waals surface area contributed by atoms with Gasteiger partial charge in [-0.25, -0.2) is 4.98 Å². The number of nitrogens with zero attached hydrogens (tertiary/aromatic N) is 3. The van der Waals surface area contributed by atoms with E-state index in [0.717, 1.165) is 54.9 Å². The van der Waals surface area contributed by atoms with Crippen LogP contribution in [0.4, 0.5) is 5.82 Å². The molecular formula is C16H21N3OS2. The normalized spacial score (nSPS) is 20.4. The lowest BCUT2D eigenvalue weighted by atomic mass is 9.94. The zero-order chi connectivity index (χ0) is 15.7. The molecule has 0 radical (unpaired) electrons. The summed E-state index contributed by atoms with van der Waals surface area (Å²) in [5.74, 6) is 2.01. The maximum atomic E-state index is 9.63. The van der Waals surface area contributed by atoms with Crippen molar-refractivity contribution in [1.29, 1.82) is 5.26 Å².